The Labute approximate surface area is 139 Å². The van der Waals surface area contributed by atoms with Gasteiger partial charge in [-0.1, -0.05) is 0 Å². The van der Waals surface area contributed by atoms with Gasteiger partial charge in [0.1, 0.15) is 0 Å². The first-order chi connectivity index (χ1) is 9.77. The highest BCUT2D eigenvalue weighted by Gasteiger charge is 2.31. The summed E-state index contributed by atoms with van der Waals surface area (Å²) >= 11 is 4.97. The Bertz CT molecular complexity index is 634. The fourth-order valence-electron chi connectivity index (χ4n) is 2.92. The topological polar surface area (TPSA) is 63.4 Å². The van der Waals surface area contributed by atoms with Crippen molar-refractivity contribution in [3.05, 3.63) is 22.2 Å². The summed E-state index contributed by atoms with van der Waals surface area (Å²) in [5.74, 6) is 0.473. The number of thioether (sulfide) groups is 1. The average molecular weight is 393 g/mol. The van der Waals surface area contributed by atoms with Crippen LogP contribution in [0, 0.1) is 5.92 Å². The highest BCUT2D eigenvalue weighted by molar-refractivity contribution is 9.10. The first-order valence-electron chi connectivity index (χ1n) is 6.75. The normalized spacial score (nSPS) is 23.7. The Morgan fingerprint density at radius 3 is 2.62 bits per heavy atom. The molecule has 2 atom stereocenters. The van der Waals surface area contributed by atoms with Crippen molar-refractivity contribution in [2.24, 2.45) is 11.7 Å². The van der Waals surface area contributed by atoms with Gasteiger partial charge in [-0.3, -0.25) is 4.90 Å². The van der Waals surface area contributed by atoms with Gasteiger partial charge in [-0.05, 0) is 65.8 Å². The number of halogens is 1. The lowest BCUT2D eigenvalue weighted by Gasteiger charge is -2.21. The number of likely N-dealkylation sites (tertiary alicyclic amines) is 1. The van der Waals surface area contributed by atoms with Crippen LogP contribution in [0.5, 0.6) is 0 Å². The molecule has 118 valence electrons. The molecule has 2 rings (SSSR count). The molecule has 0 aliphatic carbocycles. The third-order valence-electron chi connectivity index (χ3n) is 3.99. The minimum Gasteiger partial charge on any atom is -0.330 e. The Hall–Kier alpha value is -0.0800. The molecule has 1 heterocycles. The number of sulfone groups is 1. The lowest BCUT2D eigenvalue weighted by Crippen LogP contribution is -2.20. The Morgan fingerprint density at radius 2 is 2.14 bits per heavy atom. The number of nitrogens with zero attached hydrogens (tertiary/aromatic N) is 1. The Kier molecular flexibility index (Phi) is 5.41. The second-order valence-corrected chi connectivity index (χ2v) is 9.25. The van der Waals surface area contributed by atoms with Crippen LogP contribution >= 0.6 is 27.7 Å². The zero-order valence-electron chi connectivity index (χ0n) is 12.5. The van der Waals surface area contributed by atoms with Gasteiger partial charge in [-0.15, -0.1) is 11.8 Å². The van der Waals surface area contributed by atoms with Crippen LogP contribution in [0.1, 0.15) is 18.0 Å². The summed E-state index contributed by atoms with van der Waals surface area (Å²) in [6.07, 6.45) is 4.13. The van der Waals surface area contributed by atoms with Crippen molar-refractivity contribution in [1.29, 1.82) is 0 Å². The van der Waals surface area contributed by atoms with Crippen molar-refractivity contribution in [2.75, 3.05) is 32.6 Å². The van der Waals surface area contributed by atoms with Crippen LogP contribution < -0.4 is 5.73 Å². The zero-order valence-corrected chi connectivity index (χ0v) is 15.7. The fourth-order valence-corrected chi connectivity index (χ4v) is 6.03. The van der Waals surface area contributed by atoms with Crippen molar-refractivity contribution in [3.8, 4) is 0 Å². The molecule has 1 aromatic carbocycles. The minimum absolute atomic E-state index is 0.228. The van der Waals surface area contributed by atoms with E-state index < -0.39 is 9.84 Å². The second-order valence-electron chi connectivity index (χ2n) is 5.60. The third-order valence-corrected chi connectivity index (χ3v) is 6.97. The summed E-state index contributed by atoms with van der Waals surface area (Å²) < 4.78 is 25.0. The van der Waals surface area contributed by atoms with E-state index in [1.54, 1.807) is 0 Å². The predicted octanol–water partition coefficient (Wildman–Crippen LogP) is 2.53. The van der Waals surface area contributed by atoms with Gasteiger partial charge in [0, 0.05) is 28.2 Å². The van der Waals surface area contributed by atoms with Crippen molar-refractivity contribution in [2.45, 2.75) is 22.3 Å². The maximum Gasteiger partial charge on any atom is 0.176 e. The molecular formula is C14H21BrN2O2S2. The molecular weight excluding hydrogens is 372 g/mol. The van der Waals surface area contributed by atoms with Crippen LogP contribution in [-0.2, 0) is 9.84 Å². The average Bonchev–Trinajstić information content (AvgIpc) is 2.78. The van der Waals surface area contributed by atoms with E-state index >= 15 is 0 Å². The van der Waals surface area contributed by atoms with E-state index in [9.17, 15) is 8.42 Å². The van der Waals surface area contributed by atoms with Gasteiger partial charge in [0.2, 0.25) is 0 Å². The van der Waals surface area contributed by atoms with Gasteiger partial charge in [0.05, 0.1) is 4.90 Å². The third kappa shape index (κ3) is 3.64. The monoisotopic (exact) mass is 392 g/mol. The van der Waals surface area contributed by atoms with Crippen LogP contribution in [0.3, 0.4) is 0 Å². The van der Waals surface area contributed by atoms with Crippen LogP contribution in [0.15, 0.2) is 26.4 Å². The summed E-state index contributed by atoms with van der Waals surface area (Å²) in [6.45, 7) is 1.63. The Morgan fingerprint density at radius 1 is 1.48 bits per heavy atom. The predicted molar refractivity (Wildman–Crippen MR) is 91.6 cm³/mol. The van der Waals surface area contributed by atoms with Crippen LogP contribution in [0.4, 0.5) is 0 Å². The van der Waals surface area contributed by atoms with Crippen LogP contribution in [0.2, 0.25) is 0 Å². The molecule has 0 radical (unpaired) electrons. The molecule has 4 nitrogen and oxygen atoms in total. The van der Waals surface area contributed by atoms with E-state index in [0.29, 0.717) is 17.4 Å². The second kappa shape index (κ2) is 6.58. The van der Waals surface area contributed by atoms with E-state index in [4.69, 9.17) is 5.73 Å². The first kappa shape index (κ1) is 17.3. The smallest absolute Gasteiger partial charge is 0.176 e. The fraction of sp³-hybridized carbons (Fsp3) is 0.571. The molecule has 0 aromatic heterocycles. The van der Waals surface area contributed by atoms with E-state index in [0.717, 1.165) is 27.9 Å². The van der Waals surface area contributed by atoms with Crippen molar-refractivity contribution in [1.82, 2.24) is 4.90 Å². The Balaban J connectivity index is 2.49. The summed E-state index contributed by atoms with van der Waals surface area (Å²) in [4.78, 5) is 3.44. The molecule has 0 amide bonds. The highest BCUT2D eigenvalue weighted by Crippen LogP contribution is 2.40. The van der Waals surface area contributed by atoms with E-state index in [2.05, 4.69) is 27.9 Å². The summed E-state index contributed by atoms with van der Waals surface area (Å²) in [5.41, 5.74) is 6.82. The number of nitrogens with two attached hydrogens (primary N) is 1. The van der Waals surface area contributed by atoms with Crippen LogP contribution in [-0.4, -0.2) is 46.0 Å². The molecule has 21 heavy (non-hydrogen) atoms. The zero-order chi connectivity index (χ0) is 15.8. The first-order valence-corrected chi connectivity index (χ1v) is 10.7. The lowest BCUT2D eigenvalue weighted by atomic mass is 10.00. The van der Waals surface area contributed by atoms with E-state index in [-0.39, 0.29) is 6.04 Å². The van der Waals surface area contributed by atoms with E-state index in [1.807, 2.05) is 18.4 Å². The van der Waals surface area contributed by atoms with Gasteiger partial charge in [0.15, 0.2) is 9.84 Å². The van der Waals surface area contributed by atoms with Crippen molar-refractivity contribution in [3.63, 3.8) is 0 Å². The van der Waals surface area contributed by atoms with Gasteiger partial charge < -0.3 is 5.73 Å². The molecule has 0 saturated carbocycles. The van der Waals surface area contributed by atoms with Gasteiger partial charge >= 0.3 is 0 Å². The molecule has 2 N–H and O–H groups in total. The molecule has 1 aliphatic heterocycles. The van der Waals surface area contributed by atoms with E-state index in [1.165, 1.54) is 18.0 Å². The van der Waals surface area contributed by atoms with Crippen LogP contribution in [0.25, 0.3) is 0 Å². The SMILES string of the molecule is CSc1c(Br)cc(C2CC(CN)CN2C)cc1S(C)(=O)=O. The number of hydrogen-bond acceptors (Lipinski definition) is 5. The molecule has 1 saturated heterocycles. The summed E-state index contributed by atoms with van der Waals surface area (Å²) in [5, 5.41) is 0. The summed E-state index contributed by atoms with van der Waals surface area (Å²) in [7, 11) is -1.18. The van der Waals surface area contributed by atoms with Crippen molar-refractivity contribution < 1.29 is 8.42 Å². The number of hydrogen-bond donors (Lipinski definition) is 1. The molecule has 1 aromatic rings. The number of benzene rings is 1. The highest BCUT2D eigenvalue weighted by atomic mass is 79.9. The van der Waals surface area contributed by atoms with Crippen molar-refractivity contribution >= 4 is 37.5 Å². The maximum absolute atomic E-state index is 12.1. The quantitative estimate of drug-likeness (QED) is 0.797. The minimum atomic E-state index is -3.25. The molecule has 0 spiro atoms. The lowest BCUT2D eigenvalue weighted by molar-refractivity contribution is 0.313. The maximum atomic E-state index is 12.1. The molecule has 0 bridgehead atoms. The van der Waals surface area contributed by atoms with Gasteiger partial charge in [0.25, 0.3) is 0 Å². The molecule has 7 heteroatoms. The number of rotatable bonds is 4. The molecule has 1 aliphatic rings. The summed E-state index contributed by atoms with van der Waals surface area (Å²) in [6, 6.07) is 4.10. The molecule has 1 fully saturated rings. The standard InChI is InChI=1S/C14H21BrN2O2S2/c1-17-8-9(7-16)4-12(17)10-5-11(15)14(20-2)13(6-10)21(3,18)19/h5-6,9,12H,4,7-8,16H2,1-3H3. The van der Waals surface area contributed by atoms with Gasteiger partial charge in [-0.25, -0.2) is 8.42 Å². The largest absolute Gasteiger partial charge is 0.330 e. The molecule has 2 unspecified atom stereocenters. The van der Waals surface area contributed by atoms with Gasteiger partial charge in [-0.2, -0.15) is 0 Å².